The highest BCUT2D eigenvalue weighted by molar-refractivity contribution is 7.17. The SMILES string of the molecule is COc1ccc(OCC(=O)N[C@H](C(=O)N[C@@H](CC(C)C)C(=O)N[C@@H](C[C@@H]2CCNC2=O)C(=O)c2ncc(-c3ccccc3OC)s2)C(C)C)cc1. The van der Waals surface area contributed by atoms with Gasteiger partial charge in [0.15, 0.2) is 11.6 Å². The standard InChI is InChI=1S/C37H47N5O8S/c1-21(2)17-28(41-36(47)32(22(3)4)42-31(43)20-50-25-13-11-24(48-5)12-14-25)35(46)40-27(18-23-15-16-38-34(23)45)33(44)37-39-19-30(51-37)26-9-7-8-10-29(26)49-6/h7-14,19,21-23,27-28,32H,15-18,20H2,1-6H3,(H,38,45)(H,40,46)(H,41,47)(H,42,43)/t23-,27-,28-,32-/m0/s1. The number of Topliss-reactive ketones (excluding diaryl/α,β-unsaturated/α-hetero) is 1. The molecule has 2 aromatic carbocycles. The zero-order valence-electron chi connectivity index (χ0n) is 29.8. The molecule has 1 fully saturated rings. The Morgan fingerprint density at radius 3 is 2.22 bits per heavy atom. The van der Waals surface area contributed by atoms with Gasteiger partial charge in [-0.2, -0.15) is 0 Å². The lowest BCUT2D eigenvalue weighted by Crippen LogP contribution is -2.57. The quantitative estimate of drug-likeness (QED) is 0.143. The van der Waals surface area contributed by atoms with E-state index in [2.05, 4.69) is 26.3 Å². The largest absolute Gasteiger partial charge is 0.497 e. The molecule has 274 valence electrons. The maximum Gasteiger partial charge on any atom is 0.258 e. The van der Waals surface area contributed by atoms with Crippen molar-refractivity contribution in [3.8, 4) is 27.7 Å². The van der Waals surface area contributed by atoms with E-state index in [0.29, 0.717) is 35.1 Å². The number of ether oxygens (including phenoxy) is 3. The van der Waals surface area contributed by atoms with Crippen LogP contribution in [0.5, 0.6) is 17.2 Å². The highest BCUT2D eigenvalue weighted by Gasteiger charge is 2.36. The Bertz CT molecular complexity index is 1670. The first kappa shape index (κ1) is 38.8. The van der Waals surface area contributed by atoms with Crippen molar-refractivity contribution in [1.82, 2.24) is 26.3 Å². The molecular weight excluding hydrogens is 675 g/mol. The lowest BCUT2D eigenvalue weighted by atomic mass is 9.94. The van der Waals surface area contributed by atoms with Gasteiger partial charge in [-0.1, -0.05) is 39.8 Å². The number of para-hydroxylation sites is 1. The van der Waals surface area contributed by atoms with Gasteiger partial charge >= 0.3 is 0 Å². The number of ketones is 1. The molecule has 0 bridgehead atoms. The van der Waals surface area contributed by atoms with Crippen LogP contribution < -0.4 is 35.5 Å². The van der Waals surface area contributed by atoms with Crippen LogP contribution in [0.3, 0.4) is 0 Å². The molecule has 0 spiro atoms. The van der Waals surface area contributed by atoms with E-state index in [1.165, 1.54) is 11.3 Å². The minimum atomic E-state index is -1.08. The molecule has 1 aliphatic heterocycles. The number of aromatic nitrogens is 1. The molecule has 51 heavy (non-hydrogen) atoms. The third kappa shape index (κ3) is 10.8. The Labute approximate surface area is 302 Å². The fourth-order valence-electron chi connectivity index (χ4n) is 5.70. The van der Waals surface area contributed by atoms with Crippen LogP contribution >= 0.6 is 11.3 Å². The molecule has 4 rings (SSSR count). The van der Waals surface area contributed by atoms with Crippen LogP contribution in [0.15, 0.2) is 54.7 Å². The number of carbonyl (C=O) groups is 5. The van der Waals surface area contributed by atoms with Crippen LogP contribution in [-0.4, -0.2) is 79.9 Å². The number of carbonyl (C=O) groups excluding carboxylic acids is 5. The summed E-state index contributed by atoms with van der Waals surface area (Å²) in [6, 6.07) is 11.0. The highest BCUT2D eigenvalue weighted by Crippen LogP contribution is 2.34. The Hall–Kier alpha value is -4.98. The third-order valence-corrected chi connectivity index (χ3v) is 9.49. The van der Waals surface area contributed by atoms with E-state index in [1.54, 1.807) is 58.5 Å². The van der Waals surface area contributed by atoms with Crippen molar-refractivity contribution in [2.24, 2.45) is 17.8 Å². The van der Waals surface area contributed by atoms with Gasteiger partial charge in [0.25, 0.3) is 5.91 Å². The lowest BCUT2D eigenvalue weighted by Gasteiger charge is -2.27. The Morgan fingerprint density at radius 2 is 1.59 bits per heavy atom. The number of nitrogens with zero attached hydrogens (tertiary/aromatic N) is 1. The molecule has 4 amide bonds. The van der Waals surface area contributed by atoms with Crippen LogP contribution in [0.25, 0.3) is 10.4 Å². The summed E-state index contributed by atoms with van der Waals surface area (Å²) >= 11 is 1.17. The number of hydrogen-bond donors (Lipinski definition) is 4. The summed E-state index contributed by atoms with van der Waals surface area (Å²) < 4.78 is 16.2. The van der Waals surface area contributed by atoms with Crippen LogP contribution in [-0.2, 0) is 19.2 Å². The second kappa shape index (κ2) is 18.3. The van der Waals surface area contributed by atoms with Gasteiger partial charge in [-0.25, -0.2) is 4.98 Å². The summed E-state index contributed by atoms with van der Waals surface area (Å²) in [4.78, 5) is 72.0. The summed E-state index contributed by atoms with van der Waals surface area (Å²) in [7, 11) is 3.11. The monoisotopic (exact) mass is 721 g/mol. The summed E-state index contributed by atoms with van der Waals surface area (Å²) in [6.07, 6.45) is 2.44. The van der Waals surface area contributed by atoms with Crippen LogP contribution in [0.1, 0.15) is 56.8 Å². The van der Waals surface area contributed by atoms with Crippen LogP contribution in [0.2, 0.25) is 0 Å². The second-order valence-electron chi connectivity index (χ2n) is 13.1. The molecule has 4 atom stereocenters. The van der Waals surface area contributed by atoms with Gasteiger partial charge in [0.1, 0.15) is 29.3 Å². The first-order chi connectivity index (χ1) is 24.4. The van der Waals surface area contributed by atoms with Crippen molar-refractivity contribution < 1.29 is 38.2 Å². The number of thiazole rings is 1. The van der Waals surface area contributed by atoms with E-state index in [1.807, 2.05) is 38.1 Å². The van der Waals surface area contributed by atoms with E-state index in [0.717, 1.165) is 5.56 Å². The lowest BCUT2D eigenvalue weighted by molar-refractivity contribution is -0.134. The number of nitrogens with one attached hydrogen (secondary N) is 4. The van der Waals surface area contributed by atoms with Crippen molar-refractivity contribution in [1.29, 1.82) is 0 Å². The minimum absolute atomic E-state index is 0.0110. The normalized spacial score (nSPS) is 15.8. The predicted octanol–water partition coefficient (Wildman–Crippen LogP) is 3.77. The first-order valence-corrected chi connectivity index (χ1v) is 17.8. The summed E-state index contributed by atoms with van der Waals surface area (Å²) in [5.41, 5.74) is 0.770. The fourth-order valence-corrected chi connectivity index (χ4v) is 6.64. The first-order valence-electron chi connectivity index (χ1n) is 17.0. The minimum Gasteiger partial charge on any atom is -0.497 e. The van der Waals surface area contributed by atoms with E-state index in [-0.39, 0.29) is 42.2 Å². The molecule has 1 aliphatic rings. The van der Waals surface area contributed by atoms with Gasteiger partial charge in [0.05, 0.1) is 25.1 Å². The number of methoxy groups -OCH3 is 2. The molecule has 14 heteroatoms. The van der Waals surface area contributed by atoms with E-state index < -0.39 is 47.5 Å². The molecule has 0 aliphatic carbocycles. The van der Waals surface area contributed by atoms with Gasteiger partial charge < -0.3 is 35.5 Å². The average molecular weight is 722 g/mol. The van der Waals surface area contributed by atoms with Crippen molar-refractivity contribution in [3.05, 3.63) is 59.7 Å². The Morgan fingerprint density at radius 1 is 0.902 bits per heavy atom. The van der Waals surface area contributed by atoms with Crippen LogP contribution in [0, 0.1) is 17.8 Å². The van der Waals surface area contributed by atoms with E-state index in [9.17, 15) is 24.0 Å². The number of benzene rings is 2. The van der Waals surface area contributed by atoms with Crippen LogP contribution in [0.4, 0.5) is 0 Å². The smallest absolute Gasteiger partial charge is 0.258 e. The molecule has 0 saturated carbocycles. The van der Waals surface area contributed by atoms with E-state index >= 15 is 0 Å². The third-order valence-electron chi connectivity index (χ3n) is 8.44. The number of hydrogen-bond acceptors (Lipinski definition) is 10. The molecule has 13 nitrogen and oxygen atoms in total. The zero-order chi connectivity index (χ0) is 37.1. The van der Waals surface area contributed by atoms with Crippen molar-refractivity contribution in [2.75, 3.05) is 27.4 Å². The summed E-state index contributed by atoms with van der Waals surface area (Å²) in [6.45, 7) is 7.53. The molecular formula is C37H47N5O8S. The Kier molecular flexibility index (Phi) is 13.9. The zero-order valence-corrected chi connectivity index (χ0v) is 30.6. The molecule has 1 aromatic heterocycles. The van der Waals surface area contributed by atoms with Crippen molar-refractivity contribution >= 4 is 40.7 Å². The summed E-state index contributed by atoms with van der Waals surface area (Å²) in [5.74, 6) is -1.35. The van der Waals surface area contributed by atoms with Gasteiger partial charge in [0, 0.05) is 24.2 Å². The topological polar surface area (TPSA) is 174 Å². The van der Waals surface area contributed by atoms with Crippen molar-refractivity contribution in [3.63, 3.8) is 0 Å². The fraction of sp³-hybridized carbons (Fsp3) is 0.459. The van der Waals surface area contributed by atoms with E-state index in [4.69, 9.17) is 14.2 Å². The second-order valence-corrected chi connectivity index (χ2v) is 14.1. The maximum atomic E-state index is 14.0. The number of rotatable bonds is 18. The highest BCUT2D eigenvalue weighted by atomic mass is 32.1. The number of amides is 4. The summed E-state index contributed by atoms with van der Waals surface area (Å²) in [5, 5.41) is 11.3. The molecule has 0 unspecified atom stereocenters. The molecule has 3 aromatic rings. The van der Waals surface area contributed by atoms with Gasteiger partial charge in [-0.15, -0.1) is 11.3 Å². The maximum absolute atomic E-state index is 14.0. The average Bonchev–Trinajstić information content (AvgIpc) is 3.77. The molecule has 2 heterocycles. The predicted molar refractivity (Wildman–Crippen MR) is 193 cm³/mol. The Balaban J connectivity index is 1.48. The molecule has 1 saturated heterocycles. The van der Waals surface area contributed by atoms with Gasteiger partial charge in [-0.05, 0) is 67.5 Å². The molecule has 4 N–H and O–H groups in total. The van der Waals surface area contributed by atoms with Gasteiger partial charge in [-0.3, -0.25) is 24.0 Å². The van der Waals surface area contributed by atoms with Gasteiger partial charge in [0.2, 0.25) is 23.5 Å². The van der Waals surface area contributed by atoms with Crippen molar-refractivity contribution in [2.45, 2.75) is 65.1 Å². The molecule has 0 radical (unpaired) electrons.